The van der Waals surface area contributed by atoms with E-state index in [9.17, 15) is 0 Å². The molecule has 0 saturated heterocycles. The van der Waals surface area contributed by atoms with Crippen molar-refractivity contribution >= 4 is 0 Å². The summed E-state index contributed by atoms with van der Waals surface area (Å²) in [5.74, 6) is 0.906. The summed E-state index contributed by atoms with van der Waals surface area (Å²) in [7, 11) is 2.07. The van der Waals surface area contributed by atoms with E-state index in [-0.39, 0.29) is 0 Å². The highest BCUT2D eigenvalue weighted by Crippen LogP contribution is 2.33. The summed E-state index contributed by atoms with van der Waals surface area (Å²) in [5.41, 5.74) is 1.34. The summed E-state index contributed by atoms with van der Waals surface area (Å²) in [6.07, 6.45) is 8.85. The van der Waals surface area contributed by atoms with Crippen LogP contribution in [0.2, 0.25) is 0 Å². The first kappa shape index (κ1) is 12.6. The minimum atomic E-state index is 0.444. The maximum atomic E-state index is 4.44. The van der Waals surface area contributed by atoms with Gasteiger partial charge in [0.15, 0.2) is 0 Å². The molecule has 1 aromatic rings. The van der Waals surface area contributed by atoms with Gasteiger partial charge in [-0.05, 0) is 39.3 Å². The van der Waals surface area contributed by atoms with E-state index in [1.807, 2.05) is 6.20 Å². The molecule has 1 aliphatic carbocycles. The van der Waals surface area contributed by atoms with E-state index >= 15 is 0 Å². The molecule has 0 bridgehead atoms. The Morgan fingerprint density at radius 2 is 2.12 bits per heavy atom. The quantitative estimate of drug-likeness (QED) is 0.848. The average Bonchev–Trinajstić information content (AvgIpc) is 2.96. The largest absolute Gasteiger partial charge is 0.312 e. The summed E-state index contributed by atoms with van der Waals surface area (Å²) in [5, 5.41) is 7.90. The molecule has 1 saturated carbocycles. The second-order valence-electron chi connectivity index (χ2n) is 5.52. The van der Waals surface area contributed by atoms with Crippen LogP contribution in [-0.2, 0) is 0 Å². The molecule has 1 N–H and O–H groups in total. The fraction of sp³-hybridized carbons (Fsp3) is 0.786. The van der Waals surface area contributed by atoms with E-state index in [1.165, 1.54) is 37.8 Å². The molecular weight excluding hydrogens is 210 g/mol. The predicted molar refractivity (Wildman–Crippen MR) is 71.0 cm³/mol. The summed E-state index contributed by atoms with van der Waals surface area (Å²) < 4.78 is 2.15. The van der Waals surface area contributed by atoms with Crippen LogP contribution in [0, 0.1) is 5.92 Å². The SMILES string of the molecule is CNC(CC1CCCC1)c1ccnn1C(C)C. The molecule has 3 nitrogen and oxygen atoms in total. The molecule has 2 rings (SSSR count). The Labute approximate surface area is 105 Å². The molecule has 1 unspecified atom stereocenters. The van der Waals surface area contributed by atoms with Gasteiger partial charge in [0, 0.05) is 18.3 Å². The van der Waals surface area contributed by atoms with Crippen molar-refractivity contribution in [2.45, 2.75) is 58.0 Å². The minimum Gasteiger partial charge on any atom is -0.312 e. The monoisotopic (exact) mass is 235 g/mol. The molecule has 0 aromatic carbocycles. The van der Waals surface area contributed by atoms with Gasteiger partial charge in [0.1, 0.15) is 0 Å². The third-order valence-electron chi connectivity index (χ3n) is 3.94. The Kier molecular flexibility index (Phi) is 4.21. The van der Waals surface area contributed by atoms with Crippen LogP contribution >= 0.6 is 0 Å². The van der Waals surface area contributed by atoms with Gasteiger partial charge in [0.05, 0.1) is 5.69 Å². The zero-order chi connectivity index (χ0) is 12.3. The normalized spacial score (nSPS) is 19.1. The van der Waals surface area contributed by atoms with Gasteiger partial charge in [-0.2, -0.15) is 5.10 Å². The van der Waals surface area contributed by atoms with Crippen LogP contribution in [0.5, 0.6) is 0 Å². The van der Waals surface area contributed by atoms with Crippen molar-refractivity contribution in [2.24, 2.45) is 5.92 Å². The zero-order valence-electron chi connectivity index (χ0n) is 11.3. The van der Waals surface area contributed by atoms with Crippen molar-refractivity contribution in [2.75, 3.05) is 7.05 Å². The Hall–Kier alpha value is -0.830. The van der Waals surface area contributed by atoms with E-state index < -0.39 is 0 Å². The topological polar surface area (TPSA) is 29.9 Å². The fourth-order valence-corrected chi connectivity index (χ4v) is 3.00. The average molecular weight is 235 g/mol. The van der Waals surface area contributed by atoms with Gasteiger partial charge in [-0.25, -0.2) is 0 Å². The standard InChI is InChI=1S/C14H25N3/c1-11(2)17-14(8-9-16-17)13(15-3)10-12-6-4-5-7-12/h8-9,11-13,15H,4-7,10H2,1-3H3. The van der Waals surface area contributed by atoms with Crippen LogP contribution in [0.1, 0.15) is 63.7 Å². The third-order valence-corrected chi connectivity index (χ3v) is 3.94. The van der Waals surface area contributed by atoms with E-state index in [4.69, 9.17) is 0 Å². The van der Waals surface area contributed by atoms with Crippen molar-refractivity contribution in [3.63, 3.8) is 0 Å². The van der Waals surface area contributed by atoms with Crippen molar-refractivity contribution < 1.29 is 0 Å². The maximum Gasteiger partial charge on any atom is 0.0556 e. The number of rotatable bonds is 5. The maximum absolute atomic E-state index is 4.44. The lowest BCUT2D eigenvalue weighted by molar-refractivity contribution is 0.381. The molecule has 3 heteroatoms. The molecule has 96 valence electrons. The van der Waals surface area contributed by atoms with E-state index in [0.717, 1.165) is 5.92 Å². The van der Waals surface area contributed by atoms with Crippen LogP contribution in [0.25, 0.3) is 0 Å². The molecule has 1 aliphatic rings. The molecule has 1 aromatic heterocycles. The Bertz CT molecular complexity index is 337. The van der Waals surface area contributed by atoms with Crippen molar-refractivity contribution in [3.05, 3.63) is 18.0 Å². The number of hydrogen-bond donors (Lipinski definition) is 1. The second-order valence-corrected chi connectivity index (χ2v) is 5.52. The first-order chi connectivity index (χ1) is 8.22. The molecule has 0 radical (unpaired) electrons. The van der Waals surface area contributed by atoms with Gasteiger partial charge in [-0.15, -0.1) is 0 Å². The first-order valence-corrected chi connectivity index (χ1v) is 6.93. The highest BCUT2D eigenvalue weighted by molar-refractivity contribution is 5.08. The van der Waals surface area contributed by atoms with Gasteiger partial charge in [0.2, 0.25) is 0 Å². The Balaban J connectivity index is 2.08. The Morgan fingerprint density at radius 1 is 1.41 bits per heavy atom. The molecule has 1 atom stereocenters. The summed E-state index contributed by atoms with van der Waals surface area (Å²) in [4.78, 5) is 0. The van der Waals surface area contributed by atoms with Gasteiger partial charge < -0.3 is 5.32 Å². The van der Waals surface area contributed by atoms with Gasteiger partial charge in [-0.1, -0.05) is 25.7 Å². The smallest absolute Gasteiger partial charge is 0.0556 e. The fourth-order valence-electron chi connectivity index (χ4n) is 3.00. The van der Waals surface area contributed by atoms with Crippen LogP contribution in [0.3, 0.4) is 0 Å². The van der Waals surface area contributed by atoms with Crippen LogP contribution in [0.15, 0.2) is 12.3 Å². The van der Waals surface area contributed by atoms with E-state index in [1.54, 1.807) is 0 Å². The van der Waals surface area contributed by atoms with E-state index in [0.29, 0.717) is 12.1 Å². The van der Waals surface area contributed by atoms with Crippen molar-refractivity contribution in [1.82, 2.24) is 15.1 Å². The lowest BCUT2D eigenvalue weighted by Crippen LogP contribution is -2.23. The number of aromatic nitrogens is 2. The van der Waals surface area contributed by atoms with Crippen molar-refractivity contribution in [1.29, 1.82) is 0 Å². The van der Waals surface area contributed by atoms with Crippen LogP contribution in [-0.4, -0.2) is 16.8 Å². The van der Waals surface area contributed by atoms with Crippen molar-refractivity contribution in [3.8, 4) is 0 Å². The third kappa shape index (κ3) is 2.89. The summed E-state index contributed by atoms with van der Waals surface area (Å²) in [6, 6.07) is 3.07. The van der Waals surface area contributed by atoms with Gasteiger partial charge in [-0.3, -0.25) is 4.68 Å². The highest BCUT2D eigenvalue weighted by atomic mass is 15.3. The highest BCUT2D eigenvalue weighted by Gasteiger charge is 2.22. The zero-order valence-corrected chi connectivity index (χ0v) is 11.3. The summed E-state index contributed by atoms with van der Waals surface area (Å²) in [6.45, 7) is 4.39. The predicted octanol–water partition coefficient (Wildman–Crippen LogP) is 3.30. The number of hydrogen-bond acceptors (Lipinski definition) is 2. The molecule has 0 spiro atoms. The molecule has 0 aliphatic heterocycles. The Morgan fingerprint density at radius 3 is 2.71 bits per heavy atom. The van der Waals surface area contributed by atoms with E-state index in [2.05, 4.69) is 42.1 Å². The van der Waals surface area contributed by atoms with Gasteiger partial charge >= 0.3 is 0 Å². The lowest BCUT2D eigenvalue weighted by Gasteiger charge is -2.22. The second kappa shape index (κ2) is 5.67. The number of nitrogens with zero attached hydrogens (tertiary/aromatic N) is 2. The molecule has 1 fully saturated rings. The summed E-state index contributed by atoms with van der Waals surface area (Å²) >= 11 is 0. The molecule has 1 heterocycles. The minimum absolute atomic E-state index is 0.444. The van der Waals surface area contributed by atoms with Crippen LogP contribution < -0.4 is 5.32 Å². The first-order valence-electron chi connectivity index (χ1n) is 6.93. The molecule has 0 amide bonds. The van der Waals surface area contributed by atoms with Crippen LogP contribution in [0.4, 0.5) is 0 Å². The number of nitrogens with one attached hydrogen (secondary N) is 1. The molecule has 17 heavy (non-hydrogen) atoms. The molecular formula is C14H25N3. The van der Waals surface area contributed by atoms with Gasteiger partial charge in [0.25, 0.3) is 0 Å². The lowest BCUT2D eigenvalue weighted by atomic mass is 9.96.